The van der Waals surface area contributed by atoms with Gasteiger partial charge in [-0.05, 0) is 24.6 Å². The van der Waals surface area contributed by atoms with Gasteiger partial charge in [-0.15, -0.1) is 0 Å². The normalized spacial score (nSPS) is 18.8. The van der Waals surface area contributed by atoms with E-state index in [-0.39, 0.29) is 10.7 Å². The van der Waals surface area contributed by atoms with Gasteiger partial charge in [0.15, 0.2) is 5.16 Å². The molecule has 2 fully saturated rings. The highest BCUT2D eigenvalue weighted by molar-refractivity contribution is 7.99. The Labute approximate surface area is 212 Å². The van der Waals surface area contributed by atoms with Gasteiger partial charge in [0.2, 0.25) is 10.0 Å². The smallest absolute Gasteiger partial charge is 0.243 e. The largest absolute Gasteiger partial charge is 0.379 e. The van der Waals surface area contributed by atoms with E-state index < -0.39 is 15.4 Å². The van der Waals surface area contributed by atoms with Crippen molar-refractivity contribution in [3.63, 3.8) is 0 Å². The SMILES string of the molecule is CC(C)(C)C(=O)CSc1nc2cc(S(=O)(=O)N3CCOCC3)ccc2n1CCCN1CCOCC1. The standard InChI is InChI=1S/C24H36N4O5S2/c1-24(2,3)22(29)18-34-23-25-20-17-19(35(30,31)27-11-15-33-16-12-27)5-6-21(20)28(23)8-4-7-26-9-13-32-14-10-26/h5-6,17H,4,7-16,18H2,1-3H3. The third-order valence-electron chi connectivity index (χ3n) is 6.42. The zero-order valence-corrected chi connectivity index (χ0v) is 22.5. The molecule has 3 heterocycles. The number of ketones is 1. The summed E-state index contributed by atoms with van der Waals surface area (Å²) in [5.74, 6) is 0.486. The summed E-state index contributed by atoms with van der Waals surface area (Å²) in [4.78, 5) is 20.0. The van der Waals surface area contributed by atoms with Crippen LogP contribution in [0.15, 0.2) is 28.3 Å². The molecular formula is C24H36N4O5S2. The fraction of sp³-hybridized carbons (Fsp3) is 0.667. The molecule has 0 aliphatic carbocycles. The molecule has 0 N–H and O–H groups in total. The molecule has 0 unspecified atom stereocenters. The number of hydrogen-bond donors (Lipinski definition) is 0. The average Bonchev–Trinajstić information content (AvgIpc) is 3.20. The Morgan fingerprint density at radius 3 is 2.34 bits per heavy atom. The summed E-state index contributed by atoms with van der Waals surface area (Å²) in [6, 6.07) is 5.18. The van der Waals surface area contributed by atoms with E-state index in [0.29, 0.717) is 37.6 Å². The fourth-order valence-corrected chi connectivity index (χ4v) is 6.76. The van der Waals surface area contributed by atoms with E-state index in [1.165, 1.54) is 16.1 Å². The van der Waals surface area contributed by atoms with Gasteiger partial charge in [-0.25, -0.2) is 13.4 Å². The Morgan fingerprint density at radius 2 is 1.69 bits per heavy atom. The molecular weight excluding hydrogens is 488 g/mol. The maximum atomic E-state index is 13.2. The number of sulfonamides is 1. The van der Waals surface area contributed by atoms with Crippen molar-refractivity contribution in [1.29, 1.82) is 0 Å². The molecule has 1 aromatic carbocycles. The van der Waals surface area contributed by atoms with E-state index in [9.17, 15) is 13.2 Å². The number of carbonyl (C=O) groups is 1. The van der Waals surface area contributed by atoms with Crippen LogP contribution in [-0.2, 0) is 30.8 Å². The molecule has 0 amide bonds. The number of nitrogens with zero attached hydrogens (tertiary/aromatic N) is 4. The lowest BCUT2D eigenvalue weighted by molar-refractivity contribution is -0.123. The summed E-state index contributed by atoms with van der Waals surface area (Å²) in [6.07, 6.45) is 0.931. The van der Waals surface area contributed by atoms with Gasteiger partial charge in [-0.1, -0.05) is 32.5 Å². The van der Waals surface area contributed by atoms with E-state index >= 15 is 0 Å². The number of aryl methyl sites for hydroxylation is 1. The highest BCUT2D eigenvalue weighted by Crippen LogP contribution is 2.29. The number of thioether (sulfide) groups is 1. The van der Waals surface area contributed by atoms with Crippen LogP contribution in [0.5, 0.6) is 0 Å². The van der Waals surface area contributed by atoms with Gasteiger partial charge in [0.25, 0.3) is 0 Å². The number of rotatable bonds is 9. The van der Waals surface area contributed by atoms with Crippen LogP contribution in [0, 0.1) is 5.41 Å². The van der Waals surface area contributed by atoms with Gasteiger partial charge >= 0.3 is 0 Å². The molecule has 35 heavy (non-hydrogen) atoms. The third-order valence-corrected chi connectivity index (χ3v) is 9.29. The highest BCUT2D eigenvalue weighted by atomic mass is 32.2. The second kappa shape index (κ2) is 11.3. The topological polar surface area (TPSA) is 94.0 Å². The van der Waals surface area contributed by atoms with Crippen LogP contribution in [-0.4, -0.2) is 97.9 Å². The Balaban J connectivity index is 1.58. The van der Waals surface area contributed by atoms with Crippen molar-refractivity contribution in [1.82, 2.24) is 18.8 Å². The molecule has 0 atom stereocenters. The maximum absolute atomic E-state index is 13.2. The molecule has 2 saturated heterocycles. The number of aromatic nitrogens is 2. The molecule has 2 aliphatic rings. The highest BCUT2D eigenvalue weighted by Gasteiger charge is 2.28. The molecule has 0 bridgehead atoms. The summed E-state index contributed by atoms with van der Waals surface area (Å²) in [5, 5.41) is 0.750. The predicted octanol–water partition coefficient (Wildman–Crippen LogP) is 2.49. The van der Waals surface area contributed by atoms with Gasteiger partial charge < -0.3 is 14.0 Å². The minimum atomic E-state index is -3.61. The fourth-order valence-electron chi connectivity index (χ4n) is 4.13. The Morgan fingerprint density at radius 1 is 1.03 bits per heavy atom. The van der Waals surface area contributed by atoms with E-state index in [1.54, 1.807) is 12.1 Å². The lowest BCUT2D eigenvalue weighted by Crippen LogP contribution is -2.40. The Hall–Kier alpha value is -1.50. The minimum Gasteiger partial charge on any atom is -0.379 e. The van der Waals surface area contributed by atoms with E-state index in [2.05, 4.69) is 9.47 Å². The van der Waals surface area contributed by atoms with Crippen LogP contribution in [0.1, 0.15) is 27.2 Å². The van der Waals surface area contributed by atoms with Crippen LogP contribution in [0.3, 0.4) is 0 Å². The predicted molar refractivity (Wildman–Crippen MR) is 136 cm³/mol. The van der Waals surface area contributed by atoms with Gasteiger partial charge in [-0.2, -0.15) is 4.31 Å². The summed E-state index contributed by atoms with van der Waals surface area (Å²) in [5.41, 5.74) is 1.11. The molecule has 11 heteroatoms. The van der Waals surface area contributed by atoms with Crippen molar-refractivity contribution in [3.8, 4) is 0 Å². The monoisotopic (exact) mass is 524 g/mol. The number of benzene rings is 1. The zero-order chi connectivity index (χ0) is 25.1. The van der Waals surface area contributed by atoms with Crippen LogP contribution < -0.4 is 0 Å². The number of carbonyl (C=O) groups excluding carboxylic acids is 1. The number of ether oxygens (including phenoxy) is 2. The lowest BCUT2D eigenvalue weighted by atomic mass is 9.92. The summed E-state index contributed by atoms with van der Waals surface area (Å²) in [7, 11) is -3.61. The van der Waals surface area contributed by atoms with Crippen molar-refractivity contribution in [2.45, 2.75) is 43.8 Å². The summed E-state index contributed by atoms with van der Waals surface area (Å²) < 4.78 is 40.7. The summed E-state index contributed by atoms with van der Waals surface area (Å²) >= 11 is 1.43. The molecule has 0 radical (unpaired) electrons. The summed E-state index contributed by atoms with van der Waals surface area (Å²) in [6.45, 7) is 12.4. The van der Waals surface area contributed by atoms with Crippen LogP contribution in [0.4, 0.5) is 0 Å². The molecule has 2 aromatic rings. The zero-order valence-electron chi connectivity index (χ0n) is 20.9. The molecule has 0 spiro atoms. The number of fused-ring (bicyclic) bond motifs is 1. The number of imidazole rings is 1. The second-order valence-electron chi connectivity index (χ2n) is 9.98. The van der Waals surface area contributed by atoms with Crippen LogP contribution in [0.25, 0.3) is 11.0 Å². The van der Waals surface area contributed by atoms with Crippen molar-refractivity contribution < 1.29 is 22.7 Å². The Kier molecular flexibility index (Phi) is 8.55. The first-order valence-corrected chi connectivity index (χ1v) is 14.6. The lowest BCUT2D eigenvalue weighted by Gasteiger charge is -2.26. The van der Waals surface area contributed by atoms with Gasteiger partial charge in [0.1, 0.15) is 5.78 Å². The first kappa shape index (κ1) is 26.6. The van der Waals surface area contributed by atoms with E-state index in [0.717, 1.165) is 56.5 Å². The third kappa shape index (κ3) is 6.44. The van der Waals surface area contributed by atoms with Gasteiger partial charge in [0, 0.05) is 44.7 Å². The van der Waals surface area contributed by atoms with Gasteiger partial charge in [0.05, 0.1) is 48.1 Å². The average molecular weight is 525 g/mol. The second-order valence-corrected chi connectivity index (χ2v) is 12.9. The van der Waals surface area contributed by atoms with Crippen molar-refractivity contribution in [2.75, 3.05) is 64.9 Å². The van der Waals surface area contributed by atoms with Crippen LogP contribution >= 0.6 is 11.8 Å². The Bertz CT molecular complexity index is 1130. The maximum Gasteiger partial charge on any atom is 0.243 e. The van der Waals surface area contributed by atoms with Crippen LogP contribution in [0.2, 0.25) is 0 Å². The number of hydrogen-bond acceptors (Lipinski definition) is 8. The van der Waals surface area contributed by atoms with E-state index in [1.807, 2.05) is 26.8 Å². The number of Topliss-reactive ketones (excluding diaryl/α,β-unsaturated/α-hetero) is 1. The van der Waals surface area contributed by atoms with Crippen molar-refractivity contribution in [3.05, 3.63) is 18.2 Å². The number of morpholine rings is 2. The molecule has 194 valence electrons. The molecule has 1 aromatic heterocycles. The first-order chi connectivity index (χ1) is 16.7. The molecule has 0 saturated carbocycles. The van der Waals surface area contributed by atoms with Crippen molar-refractivity contribution >= 4 is 38.6 Å². The quantitative estimate of drug-likeness (QED) is 0.462. The first-order valence-electron chi connectivity index (χ1n) is 12.2. The molecule has 4 rings (SSSR count). The molecule has 2 aliphatic heterocycles. The van der Waals surface area contributed by atoms with E-state index in [4.69, 9.17) is 14.5 Å². The minimum absolute atomic E-state index is 0.157. The van der Waals surface area contributed by atoms with Gasteiger partial charge in [-0.3, -0.25) is 9.69 Å². The molecule has 9 nitrogen and oxygen atoms in total. The van der Waals surface area contributed by atoms with Crippen molar-refractivity contribution in [2.24, 2.45) is 5.41 Å².